The molecule has 1 saturated heterocycles. The lowest BCUT2D eigenvalue weighted by Gasteiger charge is -2.22. The fraction of sp³-hybridized carbons (Fsp3) is 0.458. The molecular formula is C24H28N4O2. The summed E-state index contributed by atoms with van der Waals surface area (Å²) in [5.41, 5.74) is 4.45. The Bertz CT molecular complexity index is 1100. The van der Waals surface area contributed by atoms with Crippen molar-refractivity contribution in [1.82, 2.24) is 15.0 Å². The predicted octanol–water partition coefficient (Wildman–Crippen LogP) is 4.18. The normalized spacial score (nSPS) is 23.1. The Hall–Kier alpha value is -2.73. The van der Waals surface area contributed by atoms with Gasteiger partial charge in [0.2, 0.25) is 0 Å². The molecule has 2 atom stereocenters. The van der Waals surface area contributed by atoms with E-state index in [1.165, 1.54) is 5.69 Å². The fourth-order valence-corrected chi connectivity index (χ4v) is 4.77. The third-order valence-corrected chi connectivity index (χ3v) is 6.54. The summed E-state index contributed by atoms with van der Waals surface area (Å²) in [7, 11) is 1.79. The van der Waals surface area contributed by atoms with E-state index < -0.39 is 5.41 Å². The Kier molecular flexibility index (Phi) is 4.43. The van der Waals surface area contributed by atoms with E-state index in [9.17, 15) is 4.79 Å². The van der Waals surface area contributed by atoms with Crippen molar-refractivity contribution in [1.29, 1.82) is 0 Å². The van der Waals surface area contributed by atoms with Gasteiger partial charge in [-0.25, -0.2) is 9.97 Å². The number of anilines is 1. The number of nitrogens with zero attached hydrogens (tertiary/aromatic N) is 3. The number of benzene rings is 1. The number of aromatic amines is 1. The molecule has 6 nitrogen and oxygen atoms in total. The molecule has 6 heteroatoms. The average molecular weight is 405 g/mol. The van der Waals surface area contributed by atoms with Gasteiger partial charge in [-0.1, -0.05) is 32.9 Å². The van der Waals surface area contributed by atoms with E-state index in [2.05, 4.69) is 39.1 Å². The summed E-state index contributed by atoms with van der Waals surface area (Å²) in [6.07, 6.45) is 3.50. The first-order valence-corrected chi connectivity index (χ1v) is 10.6. The molecule has 1 aromatic carbocycles. The van der Waals surface area contributed by atoms with Crippen molar-refractivity contribution in [3.8, 4) is 11.3 Å². The Labute approximate surface area is 176 Å². The predicted molar refractivity (Wildman–Crippen MR) is 118 cm³/mol. The van der Waals surface area contributed by atoms with Crippen LogP contribution < -0.4 is 4.90 Å². The molecule has 1 aliphatic carbocycles. The zero-order valence-corrected chi connectivity index (χ0v) is 18.0. The van der Waals surface area contributed by atoms with Crippen LogP contribution in [0.3, 0.4) is 0 Å². The number of fused-ring (bicyclic) bond motifs is 2. The summed E-state index contributed by atoms with van der Waals surface area (Å²) in [4.78, 5) is 27.7. The SMILES string of the molecule is COCC1C2CN(c3cccc(-c4cnc5[nH]cc(C(=O)C(C)(C)C)c5n4)c3)CC12. The minimum atomic E-state index is -0.468. The molecule has 0 amide bonds. The highest BCUT2D eigenvalue weighted by Crippen LogP contribution is 2.52. The first kappa shape index (κ1) is 19.2. The van der Waals surface area contributed by atoms with Gasteiger partial charge < -0.3 is 14.6 Å². The van der Waals surface area contributed by atoms with Gasteiger partial charge in [0.1, 0.15) is 5.52 Å². The van der Waals surface area contributed by atoms with Gasteiger partial charge in [-0.15, -0.1) is 0 Å². The molecule has 2 aliphatic rings. The molecule has 1 N–H and O–H groups in total. The molecular weight excluding hydrogens is 376 g/mol. The number of rotatable bonds is 5. The Morgan fingerprint density at radius 3 is 2.73 bits per heavy atom. The highest BCUT2D eigenvalue weighted by Gasteiger charge is 2.55. The van der Waals surface area contributed by atoms with Crippen molar-refractivity contribution in [3.63, 3.8) is 0 Å². The van der Waals surface area contributed by atoms with Crippen molar-refractivity contribution in [2.75, 3.05) is 31.7 Å². The summed E-state index contributed by atoms with van der Waals surface area (Å²) < 4.78 is 5.34. The Morgan fingerprint density at radius 2 is 2.03 bits per heavy atom. The molecule has 30 heavy (non-hydrogen) atoms. The van der Waals surface area contributed by atoms with E-state index in [1.54, 1.807) is 19.5 Å². The van der Waals surface area contributed by atoms with Crippen LogP contribution in [0, 0.1) is 23.2 Å². The fourth-order valence-electron chi connectivity index (χ4n) is 4.77. The Balaban J connectivity index is 1.42. The van der Waals surface area contributed by atoms with Crippen LogP contribution in [0.25, 0.3) is 22.4 Å². The number of ether oxygens (including phenoxy) is 1. The van der Waals surface area contributed by atoms with E-state index in [0.29, 0.717) is 16.7 Å². The lowest BCUT2D eigenvalue weighted by Crippen LogP contribution is -2.24. The Morgan fingerprint density at radius 1 is 1.27 bits per heavy atom. The molecule has 156 valence electrons. The maximum absolute atomic E-state index is 12.8. The molecule has 1 saturated carbocycles. The van der Waals surface area contributed by atoms with Crippen LogP contribution in [0.4, 0.5) is 5.69 Å². The van der Waals surface area contributed by atoms with Crippen molar-refractivity contribution in [2.24, 2.45) is 23.2 Å². The highest BCUT2D eigenvalue weighted by atomic mass is 16.5. The largest absolute Gasteiger partial charge is 0.384 e. The molecule has 3 heterocycles. The van der Waals surface area contributed by atoms with Gasteiger partial charge in [0.05, 0.1) is 17.5 Å². The van der Waals surface area contributed by atoms with Crippen LogP contribution in [0.1, 0.15) is 31.1 Å². The molecule has 2 unspecified atom stereocenters. The third-order valence-electron chi connectivity index (χ3n) is 6.54. The topological polar surface area (TPSA) is 71.1 Å². The van der Waals surface area contributed by atoms with E-state index >= 15 is 0 Å². The smallest absolute Gasteiger partial charge is 0.171 e. The lowest BCUT2D eigenvalue weighted by molar-refractivity contribution is 0.0860. The van der Waals surface area contributed by atoms with Gasteiger partial charge in [0, 0.05) is 49.7 Å². The second-order valence-electron chi connectivity index (χ2n) is 9.64. The van der Waals surface area contributed by atoms with Crippen molar-refractivity contribution in [3.05, 3.63) is 42.2 Å². The quantitative estimate of drug-likeness (QED) is 0.646. The first-order valence-electron chi connectivity index (χ1n) is 10.6. The summed E-state index contributed by atoms with van der Waals surface area (Å²) in [5.74, 6) is 2.32. The highest BCUT2D eigenvalue weighted by molar-refractivity contribution is 6.08. The summed E-state index contributed by atoms with van der Waals surface area (Å²) in [6, 6.07) is 8.48. The number of hydrogen-bond donors (Lipinski definition) is 1. The second-order valence-corrected chi connectivity index (χ2v) is 9.64. The van der Waals surface area contributed by atoms with Gasteiger partial charge in [-0.2, -0.15) is 0 Å². The van der Waals surface area contributed by atoms with Gasteiger partial charge in [-0.05, 0) is 29.9 Å². The van der Waals surface area contributed by atoms with Crippen molar-refractivity contribution >= 4 is 22.6 Å². The number of carbonyl (C=O) groups is 1. The van der Waals surface area contributed by atoms with E-state index in [1.807, 2.05) is 20.8 Å². The zero-order valence-electron chi connectivity index (χ0n) is 18.0. The van der Waals surface area contributed by atoms with Crippen molar-refractivity contribution < 1.29 is 9.53 Å². The molecule has 2 aromatic heterocycles. The number of H-pyrrole nitrogens is 1. The van der Waals surface area contributed by atoms with E-state index in [4.69, 9.17) is 9.72 Å². The number of Topliss-reactive ketones (excluding diaryl/α,β-unsaturated/α-hetero) is 1. The van der Waals surface area contributed by atoms with Gasteiger partial charge in [-0.3, -0.25) is 4.79 Å². The molecule has 0 radical (unpaired) electrons. The van der Waals surface area contributed by atoms with Crippen molar-refractivity contribution in [2.45, 2.75) is 20.8 Å². The van der Waals surface area contributed by atoms with E-state index in [-0.39, 0.29) is 5.78 Å². The standard InChI is InChI=1S/C24H28N4O2/c1-24(2,3)22(29)16-9-25-23-21(16)27-20(10-26-23)14-6-5-7-15(8-14)28-11-17-18(12-28)19(17)13-30-4/h5-10,17-19H,11-13H2,1-4H3,(H,25,26). The van der Waals surface area contributed by atoms with Crippen LogP contribution in [-0.4, -0.2) is 47.5 Å². The molecule has 1 aliphatic heterocycles. The van der Waals surface area contributed by atoms with Crippen LogP contribution >= 0.6 is 0 Å². The van der Waals surface area contributed by atoms with Crippen LogP contribution in [0.5, 0.6) is 0 Å². The summed E-state index contributed by atoms with van der Waals surface area (Å²) in [6.45, 7) is 8.83. The number of aromatic nitrogens is 3. The number of piperidine rings is 1. The van der Waals surface area contributed by atoms with Gasteiger partial charge >= 0.3 is 0 Å². The number of methoxy groups -OCH3 is 1. The minimum absolute atomic E-state index is 0.0656. The lowest BCUT2D eigenvalue weighted by atomic mass is 9.87. The molecule has 3 aromatic rings. The van der Waals surface area contributed by atoms with Gasteiger partial charge in [0.25, 0.3) is 0 Å². The monoisotopic (exact) mass is 404 g/mol. The number of hydrogen-bond acceptors (Lipinski definition) is 5. The maximum atomic E-state index is 12.8. The molecule has 2 fully saturated rings. The number of carbonyl (C=O) groups excluding carboxylic acids is 1. The maximum Gasteiger partial charge on any atom is 0.171 e. The zero-order chi connectivity index (χ0) is 21.0. The van der Waals surface area contributed by atoms with E-state index in [0.717, 1.165) is 48.7 Å². The minimum Gasteiger partial charge on any atom is -0.384 e. The molecule has 0 spiro atoms. The van der Waals surface area contributed by atoms with Gasteiger partial charge in [0.15, 0.2) is 11.4 Å². The second kappa shape index (κ2) is 6.91. The summed E-state index contributed by atoms with van der Waals surface area (Å²) in [5, 5.41) is 0. The first-order chi connectivity index (χ1) is 14.4. The van der Waals surface area contributed by atoms with Crippen LogP contribution in [-0.2, 0) is 4.74 Å². The average Bonchev–Trinajstić information content (AvgIpc) is 3.10. The number of ketones is 1. The van der Waals surface area contributed by atoms with Crippen LogP contribution in [0.15, 0.2) is 36.7 Å². The molecule has 0 bridgehead atoms. The molecule has 5 rings (SSSR count). The summed E-state index contributed by atoms with van der Waals surface area (Å²) >= 11 is 0. The van der Waals surface area contributed by atoms with Crippen LogP contribution in [0.2, 0.25) is 0 Å². The number of nitrogens with one attached hydrogen (secondary N) is 1. The third kappa shape index (κ3) is 3.19.